The predicted molar refractivity (Wildman–Crippen MR) is 110 cm³/mol. The lowest BCUT2D eigenvalue weighted by Crippen LogP contribution is -2.37. The summed E-state index contributed by atoms with van der Waals surface area (Å²) in [6.45, 7) is 1.08. The third kappa shape index (κ3) is 5.53. The van der Waals surface area contributed by atoms with Gasteiger partial charge in [0.05, 0.1) is 10.5 Å². The molecule has 3 N–H and O–H groups in total. The van der Waals surface area contributed by atoms with Crippen molar-refractivity contribution in [3.05, 3.63) is 50.3 Å². The molecule has 28 heavy (non-hydrogen) atoms. The van der Waals surface area contributed by atoms with E-state index in [1.165, 1.54) is 49.9 Å². The quantitative estimate of drug-likeness (QED) is 0.294. The molecule has 1 aromatic heterocycles. The van der Waals surface area contributed by atoms with Crippen LogP contribution in [0.1, 0.15) is 48.9 Å². The molecule has 0 aliphatic heterocycles. The number of rotatable bonds is 6. The maximum Gasteiger partial charge on any atom is 0.270 e. The number of hydrogen-bond donors (Lipinski definition) is 3. The van der Waals surface area contributed by atoms with Crippen LogP contribution in [0.4, 0.5) is 5.69 Å². The standard InChI is InChI=1S/C19H24N4O4.ClH/c24-18-12-16(15-11-14(23(26)27)7-8-17(15)22-18)19(25)21-10-9-20-13-5-3-1-2-4-6-13;/h7-8,11-13,20H,1-6,9-10H2,(H,21,25)(H,22,24);1H. The van der Waals surface area contributed by atoms with Crippen LogP contribution in [-0.2, 0) is 0 Å². The lowest BCUT2D eigenvalue weighted by Gasteiger charge is -2.16. The predicted octanol–water partition coefficient (Wildman–Crippen LogP) is 2.90. The first kappa shape index (κ1) is 21.8. The fourth-order valence-electron chi connectivity index (χ4n) is 3.57. The van der Waals surface area contributed by atoms with Crippen molar-refractivity contribution in [2.45, 2.75) is 44.6 Å². The first-order valence-electron chi connectivity index (χ1n) is 9.37. The van der Waals surface area contributed by atoms with Crippen molar-refractivity contribution < 1.29 is 9.72 Å². The van der Waals surface area contributed by atoms with Crippen molar-refractivity contribution in [1.29, 1.82) is 0 Å². The van der Waals surface area contributed by atoms with Gasteiger partial charge < -0.3 is 15.6 Å². The monoisotopic (exact) mass is 408 g/mol. The van der Waals surface area contributed by atoms with Crippen LogP contribution in [0.5, 0.6) is 0 Å². The van der Waals surface area contributed by atoms with Gasteiger partial charge in [0.25, 0.3) is 11.6 Å². The van der Waals surface area contributed by atoms with E-state index in [2.05, 4.69) is 15.6 Å². The molecule has 1 saturated carbocycles. The second-order valence-electron chi connectivity index (χ2n) is 6.93. The van der Waals surface area contributed by atoms with Crippen molar-refractivity contribution in [2.24, 2.45) is 0 Å². The average Bonchev–Trinajstić information content (AvgIpc) is 2.92. The Morgan fingerprint density at radius 1 is 1.14 bits per heavy atom. The summed E-state index contributed by atoms with van der Waals surface area (Å²) in [6, 6.07) is 5.73. The van der Waals surface area contributed by atoms with E-state index in [9.17, 15) is 19.7 Å². The minimum Gasteiger partial charge on any atom is -0.351 e. The molecular weight excluding hydrogens is 384 g/mol. The van der Waals surface area contributed by atoms with E-state index in [1.807, 2.05) is 0 Å². The number of halogens is 1. The van der Waals surface area contributed by atoms with Crippen molar-refractivity contribution in [1.82, 2.24) is 15.6 Å². The highest BCUT2D eigenvalue weighted by molar-refractivity contribution is 6.06. The van der Waals surface area contributed by atoms with E-state index in [0.717, 1.165) is 12.8 Å². The zero-order valence-corrected chi connectivity index (χ0v) is 16.3. The normalized spacial score (nSPS) is 14.9. The highest BCUT2D eigenvalue weighted by atomic mass is 35.5. The molecule has 2 aromatic rings. The highest BCUT2D eigenvalue weighted by Gasteiger charge is 2.16. The largest absolute Gasteiger partial charge is 0.351 e. The molecule has 0 radical (unpaired) electrons. The van der Waals surface area contributed by atoms with Crippen LogP contribution in [0.25, 0.3) is 10.9 Å². The van der Waals surface area contributed by atoms with Crippen molar-refractivity contribution in [3.63, 3.8) is 0 Å². The van der Waals surface area contributed by atoms with Gasteiger partial charge in [0.1, 0.15) is 0 Å². The zero-order valence-electron chi connectivity index (χ0n) is 15.5. The number of carbonyl (C=O) groups is 1. The Hall–Kier alpha value is -2.45. The second-order valence-corrected chi connectivity index (χ2v) is 6.93. The first-order valence-corrected chi connectivity index (χ1v) is 9.37. The summed E-state index contributed by atoms with van der Waals surface area (Å²) >= 11 is 0. The van der Waals surface area contributed by atoms with Crippen LogP contribution in [0, 0.1) is 10.1 Å². The van der Waals surface area contributed by atoms with Gasteiger partial charge in [-0.15, -0.1) is 12.4 Å². The molecule has 0 atom stereocenters. The topological polar surface area (TPSA) is 117 Å². The van der Waals surface area contributed by atoms with Crippen molar-refractivity contribution in [3.8, 4) is 0 Å². The van der Waals surface area contributed by atoms with Crippen LogP contribution in [-0.4, -0.2) is 34.9 Å². The Labute approximate surface area is 168 Å². The second kappa shape index (κ2) is 10.2. The first-order chi connectivity index (χ1) is 13.0. The minimum absolute atomic E-state index is 0. The molecule has 3 rings (SSSR count). The van der Waals surface area contributed by atoms with Gasteiger partial charge in [0, 0.05) is 48.2 Å². The van der Waals surface area contributed by atoms with Gasteiger partial charge in [0.15, 0.2) is 0 Å². The van der Waals surface area contributed by atoms with Crippen LogP contribution in [0.2, 0.25) is 0 Å². The maximum absolute atomic E-state index is 12.5. The number of nitro groups is 1. The molecular formula is C19H25ClN4O4. The van der Waals surface area contributed by atoms with Crippen LogP contribution >= 0.6 is 12.4 Å². The molecule has 1 amide bonds. The molecule has 1 heterocycles. The summed E-state index contributed by atoms with van der Waals surface area (Å²) in [4.78, 5) is 37.4. The third-order valence-corrected chi connectivity index (χ3v) is 4.98. The summed E-state index contributed by atoms with van der Waals surface area (Å²) < 4.78 is 0. The molecule has 0 spiro atoms. The number of amides is 1. The van der Waals surface area contributed by atoms with E-state index >= 15 is 0 Å². The average molecular weight is 409 g/mol. The van der Waals surface area contributed by atoms with Crippen LogP contribution < -0.4 is 16.2 Å². The van der Waals surface area contributed by atoms with E-state index in [4.69, 9.17) is 0 Å². The zero-order chi connectivity index (χ0) is 19.2. The molecule has 0 bridgehead atoms. The number of pyridine rings is 1. The van der Waals surface area contributed by atoms with Crippen molar-refractivity contribution >= 4 is 34.9 Å². The Morgan fingerprint density at radius 2 is 1.86 bits per heavy atom. The Balaban J connectivity index is 0.00000280. The number of H-pyrrole nitrogens is 1. The van der Waals surface area contributed by atoms with Gasteiger partial charge in [0.2, 0.25) is 5.56 Å². The van der Waals surface area contributed by atoms with Crippen LogP contribution in [0.15, 0.2) is 29.1 Å². The number of nitrogens with zero attached hydrogens (tertiary/aromatic N) is 1. The third-order valence-electron chi connectivity index (χ3n) is 4.98. The number of benzene rings is 1. The minimum atomic E-state index is -0.525. The molecule has 1 aromatic carbocycles. The number of hydrogen-bond acceptors (Lipinski definition) is 5. The van der Waals surface area contributed by atoms with Crippen molar-refractivity contribution in [2.75, 3.05) is 13.1 Å². The number of nitrogens with one attached hydrogen (secondary N) is 3. The summed E-state index contributed by atoms with van der Waals surface area (Å²) in [5.41, 5.74) is -0.00143. The maximum atomic E-state index is 12.5. The summed E-state index contributed by atoms with van der Waals surface area (Å²) in [7, 11) is 0. The van der Waals surface area contributed by atoms with Gasteiger partial charge in [-0.3, -0.25) is 19.7 Å². The van der Waals surface area contributed by atoms with Gasteiger partial charge in [-0.05, 0) is 18.9 Å². The summed E-state index contributed by atoms with van der Waals surface area (Å²) in [5.74, 6) is -0.408. The SMILES string of the molecule is Cl.O=C(NCCNC1CCCCCC1)c1cc(=O)[nH]c2ccc([N+](=O)[O-])cc12. The number of carbonyl (C=O) groups excluding carboxylic acids is 1. The smallest absolute Gasteiger partial charge is 0.270 e. The molecule has 1 aliphatic carbocycles. The Morgan fingerprint density at radius 3 is 2.54 bits per heavy atom. The molecule has 1 aliphatic rings. The molecule has 152 valence electrons. The Kier molecular flexibility index (Phi) is 7.95. The summed E-state index contributed by atoms with van der Waals surface area (Å²) in [6.07, 6.45) is 7.38. The van der Waals surface area contributed by atoms with E-state index in [1.54, 1.807) is 0 Å². The fraction of sp³-hybridized carbons (Fsp3) is 0.474. The van der Waals surface area contributed by atoms with Gasteiger partial charge in [-0.1, -0.05) is 25.7 Å². The number of fused-ring (bicyclic) bond motifs is 1. The van der Waals surface area contributed by atoms with E-state index in [-0.39, 0.29) is 23.7 Å². The molecule has 1 fully saturated rings. The van der Waals surface area contributed by atoms with E-state index < -0.39 is 16.4 Å². The van der Waals surface area contributed by atoms with Crippen LogP contribution in [0.3, 0.4) is 0 Å². The van der Waals surface area contributed by atoms with Gasteiger partial charge in [-0.25, -0.2) is 0 Å². The number of aromatic nitrogens is 1. The van der Waals surface area contributed by atoms with E-state index in [0.29, 0.717) is 30.0 Å². The lowest BCUT2D eigenvalue weighted by molar-refractivity contribution is -0.384. The highest BCUT2D eigenvalue weighted by Crippen LogP contribution is 2.21. The number of nitro benzene ring substituents is 1. The molecule has 0 saturated heterocycles. The Bertz CT molecular complexity index is 891. The fourth-order valence-corrected chi connectivity index (χ4v) is 3.57. The van der Waals surface area contributed by atoms with Gasteiger partial charge in [-0.2, -0.15) is 0 Å². The lowest BCUT2D eigenvalue weighted by atomic mass is 10.1. The van der Waals surface area contributed by atoms with Gasteiger partial charge >= 0.3 is 0 Å². The number of aromatic amines is 1. The molecule has 9 heteroatoms. The summed E-state index contributed by atoms with van der Waals surface area (Å²) in [5, 5.41) is 17.6. The molecule has 0 unspecified atom stereocenters. The molecule has 8 nitrogen and oxygen atoms in total. The number of non-ortho nitro benzene ring substituents is 1.